The molecule has 5 nitrogen and oxygen atoms in total. The maximum Gasteiger partial charge on any atom is 0.257 e. The lowest BCUT2D eigenvalue weighted by molar-refractivity contribution is -0.116. The second-order valence-corrected chi connectivity index (χ2v) is 9.02. The lowest BCUT2D eigenvalue weighted by atomic mass is 9.76. The molecule has 1 aliphatic carbocycles. The van der Waals surface area contributed by atoms with E-state index in [0.29, 0.717) is 38.8 Å². The van der Waals surface area contributed by atoms with Crippen molar-refractivity contribution in [3.8, 4) is 0 Å². The summed E-state index contributed by atoms with van der Waals surface area (Å²) in [5, 5.41) is 4.68. The number of carbonyl (C=O) groups is 1. The van der Waals surface area contributed by atoms with E-state index >= 15 is 0 Å². The van der Waals surface area contributed by atoms with Gasteiger partial charge in [0.05, 0.1) is 5.56 Å². The van der Waals surface area contributed by atoms with Crippen LogP contribution in [0.4, 0.5) is 5.82 Å². The predicted octanol–water partition coefficient (Wildman–Crippen LogP) is 4.49. The fourth-order valence-corrected chi connectivity index (χ4v) is 4.73. The van der Waals surface area contributed by atoms with Crippen LogP contribution in [-0.2, 0) is 4.79 Å². The van der Waals surface area contributed by atoms with Gasteiger partial charge in [0.25, 0.3) is 5.56 Å². The molecule has 0 fully saturated rings. The molecule has 1 aromatic heterocycles. The van der Waals surface area contributed by atoms with Crippen LogP contribution in [0, 0.1) is 0 Å². The van der Waals surface area contributed by atoms with Crippen molar-refractivity contribution < 1.29 is 4.79 Å². The number of aromatic amines is 1. The van der Waals surface area contributed by atoms with Crippen LogP contribution in [-0.4, -0.2) is 21.0 Å². The molecule has 2 heterocycles. The number of nitrogens with one attached hydrogen (secondary N) is 2. The van der Waals surface area contributed by atoms with Gasteiger partial charge in [-0.15, -0.1) is 0 Å². The summed E-state index contributed by atoms with van der Waals surface area (Å²) in [5.74, 6) is 0.103. The number of ketones is 1. The summed E-state index contributed by atoms with van der Waals surface area (Å²) in [4.78, 5) is 33.3. The number of hydrogen-bond donors (Lipinski definition) is 2. The molecular formula is C20H20ClN3O2S. The minimum Gasteiger partial charge on any atom is -0.343 e. The fraction of sp³-hybridized carbons (Fsp3) is 0.350. The van der Waals surface area contributed by atoms with E-state index in [-0.39, 0.29) is 11.3 Å². The zero-order valence-corrected chi connectivity index (χ0v) is 16.7. The van der Waals surface area contributed by atoms with Gasteiger partial charge in [-0.3, -0.25) is 9.59 Å². The maximum atomic E-state index is 13.0. The Labute approximate surface area is 166 Å². The van der Waals surface area contributed by atoms with Crippen molar-refractivity contribution in [2.45, 2.75) is 49.4 Å². The number of H-pyrrole nitrogens is 1. The standard InChI is InChI=1S/C20H20ClN3O2S/c1-10(2)27-20-23-18-17(19(26)24-20)15(11-6-3-4-7-12(11)21)16-13(22-18)8-5-9-14(16)25/h3-4,6-7,10,15H,5,8-9H2,1-2H3,(H2,22,23,24,26). The molecule has 0 amide bonds. The van der Waals surface area contributed by atoms with Crippen LogP contribution in [0.15, 0.2) is 45.5 Å². The first-order chi connectivity index (χ1) is 13.0. The van der Waals surface area contributed by atoms with Crippen LogP contribution < -0.4 is 10.9 Å². The summed E-state index contributed by atoms with van der Waals surface area (Å²) in [6, 6.07) is 7.39. The van der Waals surface area contributed by atoms with Crippen molar-refractivity contribution in [1.29, 1.82) is 0 Å². The third kappa shape index (κ3) is 3.32. The minimum atomic E-state index is -0.493. The quantitative estimate of drug-likeness (QED) is 0.585. The van der Waals surface area contributed by atoms with Crippen LogP contribution in [0.25, 0.3) is 0 Å². The summed E-state index contributed by atoms with van der Waals surface area (Å²) < 4.78 is 0. The molecule has 0 bridgehead atoms. The van der Waals surface area contributed by atoms with E-state index in [1.165, 1.54) is 11.8 Å². The number of benzene rings is 1. The Morgan fingerprint density at radius 2 is 2.00 bits per heavy atom. The average molecular weight is 402 g/mol. The van der Waals surface area contributed by atoms with Crippen molar-refractivity contribution in [1.82, 2.24) is 9.97 Å². The molecule has 1 unspecified atom stereocenters. The third-order valence-electron chi connectivity index (χ3n) is 4.80. The Morgan fingerprint density at radius 3 is 2.74 bits per heavy atom. The highest BCUT2D eigenvalue weighted by Gasteiger charge is 2.38. The Kier molecular flexibility index (Phi) is 4.86. The van der Waals surface area contributed by atoms with Gasteiger partial charge in [-0.25, -0.2) is 4.98 Å². The van der Waals surface area contributed by atoms with Crippen LogP contribution in [0.5, 0.6) is 0 Å². The summed E-state index contributed by atoms with van der Waals surface area (Å²) in [6.45, 7) is 4.09. The number of aromatic nitrogens is 2. The van der Waals surface area contributed by atoms with Crippen molar-refractivity contribution in [3.05, 3.63) is 62.0 Å². The van der Waals surface area contributed by atoms with Gasteiger partial charge in [-0.05, 0) is 24.5 Å². The van der Waals surface area contributed by atoms with Gasteiger partial charge < -0.3 is 10.3 Å². The van der Waals surface area contributed by atoms with Crippen molar-refractivity contribution in [2.75, 3.05) is 5.32 Å². The number of anilines is 1. The molecular weight excluding hydrogens is 382 g/mol. The topological polar surface area (TPSA) is 74.8 Å². The van der Waals surface area contributed by atoms with Crippen molar-refractivity contribution in [2.24, 2.45) is 0 Å². The molecule has 1 aliphatic heterocycles. The van der Waals surface area contributed by atoms with Crippen molar-refractivity contribution in [3.63, 3.8) is 0 Å². The number of halogens is 1. The number of rotatable bonds is 3. The Bertz CT molecular complexity index is 1010. The molecule has 4 rings (SSSR count). The van der Waals surface area contributed by atoms with Gasteiger partial charge in [-0.1, -0.05) is 55.4 Å². The minimum absolute atomic E-state index is 0.0688. The van der Waals surface area contributed by atoms with E-state index in [1.807, 2.05) is 32.0 Å². The van der Waals surface area contributed by atoms with E-state index < -0.39 is 5.92 Å². The highest BCUT2D eigenvalue weighted by molar-refractivity contribution is 7.99. The summed E-state index contributed by atoms with van der Waals surface area (Å²) >= 11 is 7.96. The van der Waals surface area contributed by atoms with Crippen LogP contribution in [0.1, 0.15) is 50.2 Å². The lowest BCUT2D eigenvalue weighted by Gasteiger charge is -2.33. The first-order valence-electron chi connectivity index (χ1n) is 9.04. The summed E-state index contributed by atoms with van der Waals surface area (Å²) in [5.41, 5.74) is 2.51. The first-order valence-corrected chi connectivity index (χ1v) is 10.3. The van der Waals surface area contributed by atoms with Gasteiger partial charge in [0, 0.05) is 33.9 Å². The van der Waals surface area contributed by atoms with Gasteiger partial charge in [0.15, 0.2) is 10.9 Å². The Balaban J connectivity index is 1.95. The van der Waals surface area contributed by atoms with E-state index in [0.717, 1.165) is 24.1 Å². The number of thioether (sulfide) groups is 1. The highest BCUT2D eigenvalue weighted by atomic mass is 35.5. The molecule has 1 atom stereocenters. The summed E-state index contributed by atoms with van der Waals surface area (Å²) in [6.07, 6.45) is 2.05. The maximum absolute atomic E-state index is 13.0. The van der Waals surface area contributed by atoms with Crippen LogP contribution in [0.2, 0.25) is 5.02 Å². The number of hydrogen-bond acceptors (Lipinski definition) is 5. The van der Waals surface area contributed by atoms with Gasteiger partial charge in [0.2, 0.25) is 0 Å². The number of carbonyl (C=O) groups excluding carboxylic acids is 1. The average Bonchev–Trinajstić information content (AvgIpc) is 2.60. The largest absolute Gasteiger partial charge is 0.343 e. The predicted molar refractivity (Wildman–Crippen MR) is 109 cm³/mol. The molecule has 2 aromatic rings. The van der Waals surface area contributed by atoms with E-state index in [2.05, 4.69) is 15.3 Å². The molecule has 7 heteroatoms. The molecule has 2 aliphatic rings. The SMILES string of the molecule is CC(C)Sc1nc2c(c(=O)[nH]1)C(c1ccccc1Cl)C1=C(CCCC1=O)N2. The lowest BCUT2D eigenvalue weighted by Crippen LogP contribution is -2.32. The van der Waals surface area contributed by atoms with Crippen LogP contribution >= 0.6 is 23.4 Å². The molecule has 140 valence electrons. The van der Waals surface area contributed by atoms with Gasteiger partial charge in [-0.2, -0.15) is 0 Å². The molecule has 27 heavy (non-hydrogen) atoms. The number of Topliss-reactive ketones (excluding diaryl/α,β-unsaturated/α-hetero) is 1. The third-order valence-corrected chi connectivity index (χ3v) is 6.03. The molecule has 0 saturated carbocycles. The zero-order chi connectivity index (χ0) is 19.1. The second kappa shape index (κ2) is 7.17. The molecule has 0 radical (unpaired) electrons. The Hall–Kier alpha value is -2.05. The van der Waals surface area contributed by atoms with E-state index in [9.17, 15) is 9.59 Å². The van der Waals surface area contributed by atoms with E-state index in [1.54, 1.807) is 6.07 Å². The number of fused-ring (bicyclic) bond motifs is 1. The number of allylic oxidation sites excluding steroid dienone is 2. The van der Waals surface area contributed by atoms with Crippen LogP contribution in [0.3, 0.4) is 0 Å². The summed E-state index contributed by atoms with van der Waals surface area (Å²) in [7, 11) is 0. The fourth-order valence-electron chi connectivity index (χ4n) is 3.74. The normalized spacial score (nSPS) is 19.0. The monoisotopic (exact) mass is 401 g/mol. The number of nitrogens with zero attached hydrogens (tertiary/aromatic N) is 1. The smallest absolute Gasteiger partial charge is 0.257 e. The molecule has 0 saturated heterocycles. The Morgan fingerprint density at radius 1 is 1.22 bits per heavy atom. The molecule has 1 aromatic carbocycles. The highest BCUT2D eigenvalue weighted by Crippen LogP contribution is 2.45. The second-order valence-electron chi connectivity index (χ2n) is 7.05. The van der Waals surface area contributed by atoms with Gasteiger partial charge >= 0.3 is 0 Å². The zero-order valence-electron chi connectivity index (χ0n) is 15.1. The molecule has 2 N–H and O–H groups in total. The molecule has 0 spiro atoms. The van der Waals surface area contributed by atoms with Crippen molar-refractivity contribution >= 4 is 35.0 Å². The van der Waals surface area contributed by atoms with E-state index in [4.69, 9.17) is 11.6 Å². The first kappa shape index (κ1) is 18.3. The van der Waals surface area contributed by atoms with Gasteiger partial charge in [0.1, 0.15) is 5.82 Å².